The molecule has 1 N–H and O–H groups in total. The molecule has 5 nitrogen and oxygen atoms in total. The molecule has 2 heterocycles. The van der Waals surface area contributed by atoms with Crippen LogP contribution in [0.2, 0.25) is 0 Å². The average Bonchev–Trinajstić information content (AvgIpc) is 3.01. The molecule has 23 heavy (non-hydrogen) atoms. The van der Waals surface area contributed by atoms with Gasteiger partial charge in [0, 0.05) is 36.9 Å². The van der Waals surface area contributed by atoms with E-state index in [0.717, 1.165) is 25.1 Å². The Hall–Kier alpha value is -2.04. The fraction of sp³-hybridized carbons (Fsp3) is 0.556. The third-order valence-electron chi connectivity index (χ3n) is 5.10. The van der Waals surface area contributed by atoms with Crippen molar-refractivity contribution in [3.05, 3.63) is 29.8 Å². The average molecular weight is 315 g/mol. The van der Waals surface area contributed by atoms with E-state index in [1.165, 1.54) is 6.42 Å². The first kappa shape index (κ1) is 15.8. The molecule has 5 heteroatoms. The van der Waals surface area contributed by atoms with E-state index in [-0.39, 0.29) is 11.9 Å². The minimum atomic E-state index is -0.0699. The van der Waals surface area contributed by atoms with Crippen LogP contribution in [0.15, 0.2) is 24.3 Å². The molecular formula is C18H25N3O2. The van der Waals surface area contributed by atoms with E-state index in [9.17, 15) is 9.59 Å². The quantitative estimate of drug-likeness (QED) is 0.932. The topological polar surface area (TPSA) is 52.7 Å². The van der Waals surface area contributed by atoms with Crippen LogP contribution in [0.3, 0.4) is 0 Å². The molecule has 3 rings (SSSR count). The van der Waals surface area contributed by atoms with Crippen molar-refractivity contribution in [3.63, 3.8) is 0 Å². The number of nitrogens with one attached hydrogen (secondary N) is 1. The lowest BCUT2D eigenvalue weighted by molar-refractivity contribution is 0.0556. The number of hydrogen-bond donors (Lipinski definition) is 1. The summed E-state index contributed by atoms with van der Waals surface area (Å²) in [5.74, 6) is 0.718. The van der Waals surface area contributed by atoms with Gasteiger partial charge in [0.2, 0.25) is 0 Å². The van der Waals surface area contributed by atoms with Crippen LogP contribution in [-0.2, 0) is 0 Å². The molecule has 0 aliphatic carbocycles. The lowest BCUT2D eigenvalue weighted by atomic mass is 9.91. The summed E-state index contributed by atoms with van der Waals surface area (Å²) < 4.78 is 0. The lowest BCUT2D eigenvalue weighted by Crippen LogP contribution is -2.45. The van der Waals surface area contributed by atoms with Gasteiger partial charge in [-0.15, -0.1) is 0 Å². The van der Waals surface area contributed by atoms with Gasteiger partial charge in [0.1, 0.15) is 0 Å². The number of nitrogens with zero attached hydrogens (tertiary/aromatic N) is 2. The largest absolute Gasteiger partial charge is 0.336 e. The van der Waals surface area contributed by atoms with E-state index in [1.807, 2.05) is 29.2 Å². The highest BCUT2D eigenvalue weighted by Gasteiger charge is 2.29. The Morgan fingerprint density at radius 1 is 1.26 bits per heavy atom. The SMILES string of the molecule is CC[C@H]1CC[C@@H](C)N(C(=O)c2ccc(N3CCNC3=O)cc2)C1. The molecule has 2 aliphatic heterocycles. The zero-order chi connectivity index (χ0) is 16.4. The second kappa shape index (κ2) is 6.60. The number of hydrogen-bond acceptors (Lipinski definition) is 2. The van der Waals surface area contributed by atoms with Gasteiger partial charge in [-0.05, 0) is 49.9 Å². The molecule has 3 amide bonds. The molecule has 0 spiro atoms. The van der Waals surface area contributed by atoms with E-state index in [4.69, 9.17) is 0 Å². The number of piperidine rings is 1. The van der Waals surface area contributed by atoms with Gasteiger partial charge in [-0.1, -0.05) is 13.3 Å². The molecule has 0 bridgehead atoms. The maximum Gasteiger partial charge on any atom is 0.321 e. The second-order valence-corrected chi connectivity index (χ2v) is 6.59. The molecule has 124 valence electrons. The minimum Gasteiger partial charge on any atom is -0.336 e. The van der Waals surface area contributed by atoms with Crippen molar-refractivity contribution in [1.29, 1.82) is 0 Å². The highest BCUT2D eigenvalue weighted by Crippen LogP contribution is 2.26. The maximum atomic E-state index is 12.8. The minimum absolute atomic E-state index is 0.0699. The van der Waals surface area contributed by atoms with Crippen LogP contribution in [0, 0.1) is 5.92 Å². The Labute approximate surface area is 137 Å². The number of anilines is 1. The van der Waals surface area contributed by atoms with E-state index in [1.54, 1.807) is 4.90 Å². The first-order valence-electron chi connectivity index (χ1n) is 8.56. The van der Waals surface area contributed by atoms with Crippen LogP contribution in [0.25, 0.3) is 0 Å². The number of rotatable bonds is 3. The number of carbonyl (C=O) groups is 2. The van der Waals surface area contributed by atoms with Gasteiger partial charge in [-0.2, -0.15) is 0 Å². The first-order chi connectivity index (χ1) is 11.1. The van der Waals surface area contributed by atoms with Gasteiger partial charge >= 0.3 is 6.03 Å². The van der Waals surface area contributed by atoms with E-state index < -0.39 is 0 Å². The number of carbonyl (C=O) groups excluding carboxylic acids is 2. The van der Waals surface area contributed by atoms with Crippen LogP contribution < -0.4 is 10.2 Å². The summed E-state index contributed by atoms with van der Waals surface area (Å²) >= 11 is 0. The third kappa shape index (κ3) is 3.19. The summed E-state index contributed by atoms with van der Waals surface area (Å²) in [6, 6.07) is 7.64. The van der Waals surface area contributed by atoms with Gasteiger partial charge in [0.05, 0.1) is 0 Å². The first-order valence-corrected chi connectivity index (χ1v) is 8.56. The van der Waals surface area contributed by atoms with Crippen LogP contribution in [-0.4, -0.2) is 42.5 Å². The van der Waals surface area contributed by atoms with Gasteiger partial charge in [0.15, 0.2) is 0 Å². The van der Waals surface area contributed by atoms with Crippen molar-refractivity contribution < 1.29 is 9.59 Å². The summed E-state index contributed by atoms with van der Waals surface area (Å²) in [7, 11) is 0. The highest BCUT2D eigenvalue weighted by atomic mass is 16.2. The van der Waals surface area contributed by atoms with Gasteiger partial charge < -0.3 is 10.2 Å². The Kier molecular flexibility index (Phi) is 4.55. The van der Waals surface area contributed by atoms with E-state index in [0.29, 0.717) is 30.6 Å². The molecule has 2 aliphatic rings. The molecule has 2 atom stereocenters. The van der Waals surface area contributed by atoms with Crippen LogP contribution in [0.1, 0.15) is 43.5 Å². The summed E-state index contributed by atoms with van der Waals surface area (Å²) in [5, 5.41) is 2.79. The van der Waals surface area contributed by atoms with Crippen LogP contribution in [0.5, 0.6) is 0 Å². The van der Waals surface area contributed by atoms with Crippen molar-refractivity contribution in [3.8, 4) is 0 Å². The Morgan fingerprint density at radius 3 is 2.61 bits per heavy atom. The zero-order valence-electron chi connectivity index (χ0n) is 13.9. The van der Waals surface area contributed by atoms with Gasteiger partial charge in [0.25, 0.3) is 5.91 Å². The lowest BCUT2D eigenvalue weighted by Gasteiger charge is -2.38. The second-order valence-electron chi connectivity index (χ2n) is 6.59. The third-order valence-corrected chi connectivity index (χ3v) is 5.10. The maximum absolute atomic E-state index is 12.8. The summed E-state index contributed by atoms with van der Waals surface area (Å²) in [4.78, 5) is 28.2. The molecule has 2 saturated heterocycles. The fourth-order valence-electron chi connectivity index (χ4n) is 3.47. The van der Waals surface area contributed by atoms with Crippen molar-refractivity contribution >= 4 is 17.6 Å². The molecular weight excluding hydrogens is 290 g/mol. The summed E-state index contributed by atoms with van der Waals surface area (Å²) in [6.07, 6.45) is 3.42. The van der Waals surface area contributed by atoms with Gasteiger partial charge in [-0.25, -0.2) is 4.79 Å². The van der Waals surface area contributed by atoms with E-state index >= 15 is 0 Å². The van der Waals surface area contributed by atoms with Crippen molar-refractivity contribution in [2.45, 2.75) is 39.2 Å². The van der Waals surface area contributed by atoms with Crippen molar-refractivity contribution in [2.24, 2.45) is 5.92 Å². The predicted octanol–water partition coefficient (Wildman–Crippen LogP) is 2.87. The highest BCUT2D eigenvalue weighted by molar-refractivity contribution is 5.97. The Balaban J connectivity index is 1.73. The summed E-state index contributed by atoms with van der Waals surface area (Å²) in [5.41, 5.74) is 1.55. The number of amides is 3. The summed E-state index contributed by atoms with van der Waals surface area (Å²) in [6.45, 7) is 6.52. The molecule has 0 aromatic heterocycles. The van der Waals surface area contributed by atoms with E-state index in [2.05, 4.69) is 19.2 Å². The van der Waals surface area contributed by atoms with Gasteiger partial charge in [-0.3, -0.25) is 9.69 Å². The normalized spacial score (nSPS) is 24.7. The monoisotopic (exact) mass is 315 g/mol. The number of urea groups is 1. The fourth-order valence-corrected chi connectivity index (χ4v) is 3.47. The zero-order valence-corrected chi connectivity index (χ0v) is 13.9. The molecule has 0 radical (unpaired) electrons. The van der Waals surface area contributed by atoms with Crippen molar-refractivity contribution in [1.82, 2.24) is 10.2 Å². The number of likely N-dealkylation sites (tertiary alicyclic amines) is 1. The number of benzene rings is 1. The standard InChI is InChI=1S/C18H25N3O2/c1-3-14-5-4-13(2)21(12-14)17(22)15-6-8-16(9-7-15)20-11-10-19-18(20)23/h6-9,13-14H,3-5,10-12H2,1-2H3,(H,19,23)/t13-,14+/m1/s1. The van der Waals surface area contributed by atoms with Crippen LogP contribution in [0.4, 0.5) is 10.5 Å². The molecule has 0 saturated carbocycles. The smallest absolute Gasteiger partial charge is 0.321 e. The molecule has 0 unspecified atom stereocenters. The predicted molar refractivity (Wildman–Crippen MR) is 90.7 cm³/mol. The molecule has 1 aromatic rings. The molecule has 1 aromatic carbocycles. The Morgan fingerprint density at radius 2 is 2.00 bits per heavy atom. The van der Waals surface area contributed by atoms with Crippen molar-refractivity contribution in [2.75, 3.05) is 24.5 Å². The Bertz CT molecular complexity index is 584. The van der Waals surface area contributed by atoms with Crippen LogP contribution >= 0.6 is 0 Å². The molecule has 2 fully saturated rings.